The van der Waals surface area contributed by atoms with Gasteiger partial charge in [0.1, 0.15) is 24.1 Å². The normalized spacial score (nSPS) is 18.4. The van der Waals surface area contributed by atoms with Gasteiger partial charge in [0, 0.05) is 0 Å². The third kappa shape index (κ3) is 5.15. The molecule has 0 unspecified atom stereocenters. The molecule has 0 radical (unpaired) electrons. The third-order valence-corrected chi connectivity index (χ3v) is 3.92. The molecule has 0 amide bonds. The maximum absolute atomic E-state index is 14.5. The summed E-state index contributed by atoms with van der Waals surface area (Å²) in [5, 5.41) is 59.3. The fourth-order valence-electron chi connectivity index (χ4n) is 2.34. The minimum absolute atomic E-state index is 0.333. The van der Waals surface area contributed by atoms with E-state index in [1.54, 1.807) is 48.5 Å². The maximum atomic E-state index is 14.5. The van der Waals surface area contributed by atoms with Crippen molar-refractivity contribution in [2.24, 2.45) is 0 Å². The fourth-order valence-corrected chi connectivity index (χ4v) is 2.34. The van der Waals surface area contributed by atoms with Crippen LogP contribution in [-0.2, 0) is 0 Å². The van der Waals surface area contributed by atoms with Gasteiger partial charge < -0.3 is 30.6 Å². The molecule has 0 aliphatic carbocycles. The minimum atomic E-state index is -3.76. The van der Waals surface area contributed by atoms with Gasteiger partial charge in [0.25, 0.3) is 5.85 Å². The first kappa shape index (κ1) is 20.6. The third-order valence-electron chi connectivity index (χ3n) is 3.92. The average Bonchev–Trinajstić information content (AvgIpc) is 2.67. The van der Waals surface area contributed by atoms with Gasteiger partial charge in [0.05, 0.1) is 0 Å². The molecule has 6 N–H and O–H groups in total. The van der Waals surface area contributed by atoms with E-state index in [0.29, 0.717) is 11.1 Å². The van der Waals surface area contributed by atoms with Crippen LogP contribution < -0.4 is 0 Å². The molecule has 27 heavy (non-hydrogen) atoms. The number of aliphatic hydroxyl groups excluding tert-OH is 5. The van der Waals surface area contributed by atoms with E-state index in [2.05, 4.69) is 0 Å². The van der Waals surface area contributed by atoms with Crippen LogP contribution in [0, 0.1) is 0 Å². The molecule has 7 heteroatoms. The zero-order valence-electron chi connectivity index (χ0n) is 14.2. The van der Waals surface area contributed by atoms with Crippen LogP contribution in [-0.4, -0.2) is 54.8 Å². The van der Waals surface area contributed by atoms with Crippen LogP contribution in [0.5, 0.6) is 0 Å². The van der Waals surface area contributed by atoms with Crippen molar-refractivity contribution >= 4 is 12.2 Å². The molecule has 0 spiro atoms. The van der Waals surface area contributed by atoms with Crippen molar-refractivity contribution in [1.82, 2.24) is 0 Å². The molecule has 0 heterocycles. The largest absolute Gasteiger partial charge is 0.509 e. The summed E-state index contributed by atoms with van der Waals surface area (Å²) < 4.78 is 14.5. The molecule has 0 saturated heterocycles. The van der Waals surface area contributed by atoms with Crippen molar-refractivity contribution in [3.63, 3.8) is 0 Å². The van der Waals surface area contributed by atoms with Crippen molar-refractivity contribution in [3.8, 4) is 0 Å². The average molecular weight is 376 g/mol. The molecule has 0 fully saturated rings. The topological polar surface area (TPSA) is 121 Å². The highest BCUT2D eigenvalue weighted by Crippen LogP contribution is 2.27. The number of hydrogen-bond acceptors (Lipinski definition) is 6. The number of hydrogen-bond donors (Lipinski definition) is 6. The van der Waals surface area contributed by atoms with Crippen LogP contribution in [0.4, 0.5) is 4.39 Å². The highest BCUT2D eigenvalue weighted by atomic mass is 19.2. The van der Waals surface area contributed by atoms with Crippen LogP contribution in [0.3, 0.4) is 0 Å². The number of rotatable bonds is 7. The summed E-state index contributed by atoms with van der Waals surface area (Å²) in [7, 11) is 0. The Morgan fingerprint density at radius 1 is 0.815 bits per heavy atom. The Morgan fingerprint density at radius 3 is 1.74 bits per heavy atom. The fraction of sp³-hybridized carbons (Fsp3) is 0.200. The lowest BCUT2D eigenvalue weighted by Crippen LogP contribution is -2.52. The van der Waals surface area contributed by atoms with Crippen LogP contribution >= 0.6 is 0 Å². The quantitative estimate of drug-likeness (QED) is 0.411. The summed E-state index contributed by atoms with van der Waals surface area (Å²) in [4.78, 5) is 0. The van der Waals surface area contributed by atoms with Gasteiger partial charge in [-0.1, -0.05) is 60.7 Å². The molecule has 2 aromatic carbocycles. The predicted octanol–water partition coefficient (Wildman–Crippen LogP) is 1.93. The van der Waals surface area contributed by atoms with Crippen LogP contribution in [0.2, 0.25) is 0 Å². The van der Waals surface area contributed by atoms with Gasteiger partial charge in [-0.05, 0) is 23.3 Å². The molecule has 2 rings (SSSR count). The first-order valence-electron chi connectivity index (χ1n) is 8.10. The van der Waals surface area contributed by atoms with Crippen molar-refractivity contribution in [2.75, 3.05) is 0 Å². The van der Waals surface area contributed by atoms with Gasteiger partial charge in [0.15, 0.2) is 5.76 Å². The highest BCUT2D eigenvalue weighted by molar-refractivity contribution is 5.53. The molecular formula is C20H21FO6. The maximum Gasteiger partial charge on any atom is 0.293 e. The number of aliphatic hydroxyl groups is 6. The van der Waals surface area contributed by atoms with E-state index >= 15 is 0 Å². The van der Waals surface area contributed by atoms with Crippen molar-refractivity contribution in [2.45, 2.75) is 24.2 Å². The van der Waals surface area contributed by atoms with Gasteiger partial charge in [-0.2, -0.15) is 0 Å². The standard InChI is InChI=1S/C20H21FO6/c21-20(27,16(23)12-14-9-5-2-6-10-14)19(26)18(25)17(24)15(22)11-13-7-3-1-4-8-13/h1-12,17-19,22-27H/t17-,18-,19+,20+/m1/s1. The molecule has 0 bridgehead atoms. The Hall–Kier alpha value is -2.71. The summed E-state index contributed by atoms with van der Waals surface area (Å²) in [5.41, 5.74) is 0.818. The molecule has 0 saturated carbocycles. The van der Waals surface area contributed by atoms with Gasteiger partial charge in [0.2, 0.25) is 0 Å². The lowest BCUT2D eigenvalue weighted by molar-refractivity contribution is -0.204. The minimum Gasteiger partial charge on any atom is -0.509 e. The summed E-state index contributed by atoms with van der Waals surface area (Å²) >= 11 is 0. The predicted molar refractivity (Wildman–Crippen MR) is 98.2 cm³/mol. The van der Waals surface area contributed by atoms with Crippen molar-refractivity contribution in [3.05, 3.63) is 83.3 Å². The highest BCUT2D eigenvalue weighted by Gasteiger charge is 2.47. The molecule has 144 valence electrons. The summed E-state index contributed by atoms with van der Waals surface area (Å²) in [6, 6.07) is 16.2. The van der Waals surface area contributed by atoms with E-state index in [1.165, 1.54) is 12.1 Å². The number of alkyl halides is 1. The van der Waals surface area contributed by atoms with E-state index in [4.69, 9.17) is 0 Å². The first-order valence-corrected chi connectivity index (χ1v) is 8.10. The van der Waals surface area contributed by atoms with E-state index in [1.807, 2.05) is 0 Å². The second-order valence-electron chi connectivity index (χ2n) is 5.97. The van der Waals surface area contributed by atoms with E-state index in [0.717, 1.165) is 12.2 Å². The second kappa shape index (κ2) is 8.79. The van der Waals surface area contributed by atoms with Gasteiger partial charge >= 0.3 is 0 Å². The monoisotopic (exact) mass is 376 g/mol. The summed E-state index contributed by atoms with van der Waals surface area (Å²) in [6.07, 6.45) is -5.10. The lowest BCUT2D eigenvalue weighted by Gasteiger charge is -2.30. The smallest absolute Gasteiger partial charge is 0.293 e. The molecule has 6 nitrogen and oxygen atoms in total. The van der Waals surface area contributed by atoms with E-state index in [9.17, 15) is 35.0 Å². The molecular weight excluding hydrogens is 355 g/mol. The Morgan fingerprint density at radius 2 is 1.26 bits per heavy atom. The lowest BCUT2D eigenvalue weighted by atomic mass is 9.97. The van der Waals surface area contributed by atoms with Gasteiger partial charge in [-0.25, -0.2) is 4.39 Å². The van der Waals surface area contributed by atoms with Gasteiger partial charge in [-0.3, -0.25) is 0 Å². The van der Waals surface area contributed by atoms with Crippen molar-refractivity contribution in [1.29, 1.82) is 0 Å². The zero-order valence-corrected chi connectivity index (χ0v) is 14.2. The Bertz CT molecular complexity index is 789. The van der Waals surface area contributed by atoms with Crippen LogP contribution in [0.1, 0.15) is 11.1 Å². The van der Waals surface area contributed by atoms with Crippen LogP contribution in [0.15, 0.2) is 72.2 Å². The van der Waals surface area contributed by atoms with Crippen LogP contribution in [0.25, 0.3) is 12.2 Å². The SMILES string of the molecule is OC(=Cc1ccccc1)[C@@H](O)[C@@H](O)[C@H](O)[C@](O)(F)C(O)=Cc1ccccc1. The number of halogens is 1. The molecule has 0 aromatic heterocycles. The van der Waals surface area contributed by atoms with Gasteiger partial charge in [-0.15, -0.1) is 0 Å². The van der Waals surface area contributed by atoms with Crippen molar-refractivity contribution < 1.29 is 35.0 Å². The molecule has 2 aromatic rings. The molecule has 0 aliphatic rings. The second-order valence-corrected chi connectivity index (χ2v) is 5.97. The van der Waals surface area contributed by atoms with E-state index in [-0.39, 0.29) is 0 Å². The zero-order chi connectivity index (χ0) is 20.0. The number of benzene rings is 2. The summed E-state index contributed by atoms with van der Waals surface area (Å²) in [6.45, 7) is 0. The van der Waals surface area contributed by atoms with E-state index < -0.39 is 35.7 Å². The Balaban J connectivity index is 2.17. The Kier molecular flexibility index (Phi) is 6.70. The molecule has 4 atom stereocenters. The summed E-state index contributed by atoms with van der Waals surface area (Å²) in [5.74, 6) is -5.78. The molecule has 0 aliphatic heterocycles. The first-order chi connectivity index (χ1) is 12.7. The Labute approximate surface area is 155 Å².